The lowest BCUT2D eigenvalue weighted by molar-refractivity contribution is -0.132. The van der Waals surface area contributed by atoms with Gasteiger partial charge in [0.15, 0.2) is 6.61 Å². The Kier molecular flexibility index (Phi) is 4.34. The van der Waals surface area contributed by atoms with Crippen LogP contribution in [0.15, 0.2) is 36.7 Å². The quantitative estimate of drug-likeness (QED) is 0.834. The number of amides is 1. The highest BCUT2D eigenvalue weighted by molar-refractivity contribution is 5.77. The molecular weight excluding hydrogens is 261 g/mol. The van der Waals surface area contributed by atoms with Gasteiger partial charge in [-0.3, -0.25) is 9.48 Å². The third-order valence-corrected chi connectivity index (χ3v) is 2.78. The summed E-state index contributed by atoms with van der Waals surface area (Å²) in [5, 5.41) is 4.04. The van der Waals surface area contributed by atoms with Crippen LogP contribution in [0.4, 0.5) is 4.39 Å². The number of likely N-dealkylation sites (N-methyl/N-ethyl adjacent to an activating group) is 1. The molecule has 20 heavy (non-hydrogen) atoms. The lowest BCUT2D eigenvalue weighted by atomic mass is 10.3. The van der Waals surface area contributed by atoms with Gasteiger partial charge >= 0.3 is 0 Å². The largest absolute Gasteiger partial charge is 0.484 e. The van der Waals surface area contributed by atoms with Gasteiger partial charge in [0, 0.05) is 32.4 Å². The van der Waals surface area contributed by atoms with Crippen LogP contribution < -0.4 is 4.74 Å². The maximum atomic E-state index is 12.7. The number of hydrogen-bond acceptors (Lipinski definition) is 3. The SMILES string of the molecule is CN(Cc1cnn(C)c1)C(=O)COc1ccc(F)cc1. The third-order valence-electron chi connectivity index (χ3n) is 2.78. The summed E-state index contributed by atoms with van der Waals surface area (Å²) in [6.45, 7) is 0.391. The molecule has 0 aliphatic heterocycles. The number of hydrogen-bond donors (Lipinski definition) is 0. The predicted molar refractivity (Wildman–Crippen MR) is 71.6 cm³/mol. The molecule has 0 aliphatic rings. The maximum Gasteiger partial charge on any atom is 0.260 e. The van der Waals surface area contributed by atoms with Crippen molar-refractivity contribution in [2.24, 2.45) is 7.05 Å². The molecule has 5 nitrogen and oxygen atoms in total. The number of halogens is 1. The van der Waals surface area contributed by atoms with E-state index < -0.39 is 0 Å². The van der Waals surface area contributed by atoms with Crippen molar-refractivity contribution in [3.05, 3.63) is 48.0 Å². The minimum Gasteiger partial charge on any atom is -0.484 e. The number of nitrogens with zero attached hydrogens (tertiary/aromatic N) is 3. The van der Waals surface area contributed by atoms with E-state index in [1.165, 1.54) is 24.3 Å². The van der Waals surface area contributed by atoms with Crippen molar-refractivity contribution in [3.63, 3.8) is 0 Å². The molecule has 2 aromatic rings. The number of aryl methyl sites for hydroxylation is 1. The van der Waals surface area contributed by atoms with E-state index >= 15 is 0 Å². The van der Waals surface area contributed by atoms with Crippen molar-refractivity contribution in [1.82, 2.24) is 14.7 Å². The molecule has 0 saturated heterocycles. The highest BCUT2D eigenvalue weighted by Crippen LogP contribution is 2.11. The number of aromatic nitrogens is 2. The zero-order valence-corrected chi connectivity index (χ0v) is 11.4. The average Bonchev–Trinajstić information content (AvgIpc) is 2.83. The smallest absolute Gasteiger partial charge is 0.260 e. The van der Waals surface area contributed by atoms with Gasteiger partial charge in [-0.1, -0.05) is 0 Å². The molecular formula is C14H16FN3O2. The van der Waals surface area contributed by atoms with E-state index in [4.69, 9.17) is 4.74 Å². The van der Waals surface area contributed by atoms with Crippen LogP contribution in [0.5, 0.6) is 5.75 Å². The van der Waals surface area contributed by atoms with Crippen molar-refractivity contribution in [2.45, 2.75) is 6.54 Å². The summed E-state index contributed by atoms with van der Waals surface area (Å²) in [7, 11) is 3.52. The van der Waals surface area contributed by atoms with Crippen LogP contribution in [0.2, 0.25) is 0 Å². The van der Waals surface area contributed by atoms with Gasteiger partial charge in [0.25, 0.3) is 5.91 Å². The summed E-state index contributed by atoms with van der Waals surface area (Å²) >= 11 is 0. The van der Waals surface area contributed by atoms with Gasteiger partial charge in [-0.05, 0) is 24.3 Å². The van der Waals surface area contributed by atoms with Crippen molar-refractivity contribution in [3.8, 4) is 5.75 Å². The average molecular weight is 277 g/mol. The minimum absolute atomic E-state index is 0.0810. The molecule has 1 heterocycles. The summed E-state index contributed by atoms with van der Waals surface area (Å²) in [6, 6.07) is 5.56. The van der Waals surface area contributed by atoms with Crippen LogP contribution in [0.3, 0.4) is 0 Å². The molecule has 0 fully saturated rings. The van der Waals surface area contributed by atoms with Gasteiger partial charge in [0.1, 0.15) is 11.6 Å². The predicted octanol–water partition coefficient (Wildman–Crippen LogP) is 1.60. The molecule has 1 amide bonds. The van der Waals surface area contributed by atoms with E-state index in [9.17, 15) is 9.18 Å². The molecule has 0 saturated carbocycles. The summed E-state index contributed by atoms with van der Waals surface area (Å²) in [5.41, 5.74) is 0.949. The fourth-order valence-electron chi connectivity index (χ4n) is 1.70. The molecule has 0 unspecified atom stereocenters. The zero-order chi connectivity index (χ0) is 14.5. The molecule has 0 radical (unpaired) electrons. The van der Waals surface area contributed by atoms with Gasteiger partial charge in [-0.2, -0.15) is 5.10 Å². The van der Waals surface area contributed by atoms with E-state index in [0.29, 0.717) is 12.3 Å². The van der Waals surface area contributed by atoms with Crippen LogP contribution >= 0.6 is 0 Å². The Morgan fingerprint density at radius 1 is 1.40 bits per heavy atom. The molecule has 1 aromatic heterocycles. The number of carbonyl (C=O) groups excluding carboxylic acids is 1. The molecule has 106 valence electrons. The molecule has 2 rings (SSSR count). The van der Waals surface area contributed by atoms with Crippen LogP contribution in [0.1, 0.15) is 5.56 Å². The Hall–Kier alpha value is -2.37. The molecule has 1 aromatic carbocycles. The second kappa shape index (κ2) is 6.18. The fourth-order valence-corrected chi connectivity index (χ4v) is 1.70. The Morgan fingerprint density at radius 2 is 2.10 bits per heavy atom. The minimum atomic E-state index is -0.336. The molecule has 0 atom stereocenters. The van der Waals surface area contributed by atoms with Crippen LogP contribution in [0.25, 0.3) is 0 Å². The summed E-state index contributed by atoms with van der Waals surface area (Å²) in [6.07, 6.45) is 3.56. The lowest BCUT2D eigenvalue weighted by Gasteiger charge is -2.16. The standard InChI is InChI=1S/C14H16FN3O2/c1-17(8-11-7-16-18(2)9-11)14(19)10-20-13-5-3-12(15)4-6-13/h3-7,9H,8,10H2,1-2H3. The number of benzene rings is 1. The maximum absolute atomic E-state index is 12.7. The third kappa shape index (κ3) is 3.81. The fraction of sp³-hybridized carbons (Fsp3) is 0.286. The van der Waals surface area contributed by atoms with Crippen LogP contribution in [0, 0.1) is 5.82 Å². The van der Waals surface area contributed by atoms with Crippen LogP contribution in [-0.2, 0) is 18.4 Å². The Bertz CT molecular complexity index is 580. The highest BCUT2D eigenvalue weighted by Gasteiger charge is 2.11. The second-order valence-electron chi connectivity index (χ2n) is 4.51. The Balaban J connectivity index is 1.83. The molecule has 0 spiro atoms. The van der Waals surface area contributed by atoms with Crippen molar-refractivity contribution < 1.29 is 13.9 Å². The normalized spacial score (nSPS) is 10.3. The monoisotopic (exact) mass is 277 g/mol. The van der Waals surface area contributed by atoms with Crippen LogP contribution in [-0.4, -0.2) is 34.2 Å². The van der Waals surface area contributed by atoms with E-state index in [-0.39, 0.29) is 18.3 Å². The molecule has 0 N–H and O–H groups in total. The van der Waals surface area contributed by atoms with Crippen molar-refractivity contribution in [2.75, 3.05) is 13.7 Å². The summed E-state index contributed by atoms with van der Waals surface area (Å²) < 4.78 is 19.7. The van der Waals surface area contributed by atoms with Gasteiger partial charge in [-0.25, -0.2) is 4.39 Å². The first-order valence-electron chi connectivity index (χ1n) is 6.14. The first-order chi connectivity index (χ1) is 9.54. The van der Waals surface area contributed by atoms with Gasteiger partial charge < -0.3 is 9.64 Å². The Morgan fingerprint density at radius 3 is 2.70 bits per heavy atom. The van der Waals surface area contributed by atoms with Gasteiger partial charge in [0.2, 0.25) is 0 Å². The molecule has 6 heteroatoms. The van der Waals surface area contributed by atoms with E-state index in [2.05, 4.69) is 5.10 Å². The number of ether oxygens (including phenoxy) is 1. The lowest BCUT2D eigenvalue weighted by Crippen LogP contribution is -2.30. The van der Waals surface area contributed by atoms with Crippen molar-refractivity contribution >= 4 is 5.91 Å². The first-order valence-corrected chi connectivity index (χ1v) is 6.14. The van der Waals surface area contributed by atoms with E-state index in [0.717, 1.165) is 5.56 Å². The number of rotatable bonds is 5. The topological polar surface area (TPSA) is 47.4 Å². The van der Waals surface area contributed by atoms with Gasteiger partial charge in [0.05, 0.1) is 6.20 Å². The van der Waals surface area contributed by atoms with Crippen molar-refractivity contribution in [1.29, 1.82) is 0 Å². The second-order valence-corrected chi connectivity index (χ2v) is 4.51. The molecule has 0 bridgehead atoms. The van der Waals surface area contributed by atoms with Gasteiger partial charge in [-0.15, -0.1) is 0 Å². The highest BCUT2D eigenvalue weighted by atomic mass is 19.1. The summed E-state index contributed by atoms with van der Waals surface area (Å²) in [5.74, 6) is -0.0231. The number of carbonyl (C=O) groups is 1. The first kappa shape index (κ1) is 14.0. The Labute approximate surface area is 116 Å². The van der Waals surface area contributed by atoms with E-state index in [1.54, 1.807) is 22.8 Å². The van der Waals surface area contributed by atoms with E-state index in [1.807, 2.05) is 13.2 Å². The summed E-state index contributed by atoms with van der Waals surface area (Å²) in [4.78, 5) is 13.5. The molecule has 0 aliphatic carbocycles. The zero-order valence-electron chi connectivity index (χ0n) is 11.4.